The molecule has 2 aromatic carbocycles. The Bertz CT molecular complexity index is 534. The number of hydrogen-bond acceptors (Lipinski definition) is 1. The average Bonchev–Trinajstić information content (AvgIpc) is 2.27. The molecule has 4 heteroatoms. The summed E-state index contributed by atoms with van der Waals surface area (Å²) in [5.74, 6) is -1.86. The summed E-state index contributed by atoms with van der Waals surface area (Å²) in [6.45, 7) is 0. The Labute approximate surface area is 103 Å². The molecule has 0 fully saturated rings. The van der Waals surface area contributed by atoms with Crippen LogP contribution in [0.25, 0.3) is 0 Å². The van der Waals surface area contributed by atoms with E-state index >= 15 is 0 Å². The molecule has 1 unspecified atom stereocenters. The van der Waals surface area contributed by atoms with E-state index in [0.717, 1.165) is 18.2 Å². The van der Waals surface area contributed by atoms with E-state index in [1.165, 1.54) is 18.2 Å². The molecule has 0 aliphatic rings. The number of benzene rings is 2. The Morgan fingerprint density at radius 2 is 1.56 bits per heavy atom. The maximum atomic E-state index is 13.0. The summed E-state index contributed by atoms with van der Waals surface area (Å²) in [5.41, 5.74) is 0.698. The molecule has 18 heavy (non-hydrogen) atoms. The summed E-state index contributed by atoms with van der Waals surface area (Å²) in [4.78, 5) is 0. The Kier molecular flexibility index (Phi) is 3.67. The fourth-order valence-electron chi connectivity index (χ4n) is 1.78. The van der Waals surface area contributed by atoms with Crippen molar-refractivity contribution in [1.29, 1.82) is 0 Å². The monoisotopic (exact) mass is 252 g/mol. The van der Waals surface area contributed by atoms with Crippen molar-refractivity contribution in [2.75, 3.05) is 0 Å². The molecular weight excluding hydrogens is 241 g/mol. The van der Waals surface area contributed by atoms with Crippen molar-refractivity contribution < 1.29 is 18.3 Å². The molecule has 0 aliphatic carbocycles. The summed E-state index contributed by atoms with van der Waals surface area (Å²) < 4.78 is 38.9. The Morgan fingerprint density at radius 1 is 0.889 bits per heavy atom. The van der Waals surface area contributed by atoms with Crippen LogP contribution < -0.4 is 0 Å². The number of halogens is 3. The van der Waals surface area contributed by atoms with Crippen LogP contribution in [0.3, 0.4) is 0 Å². The van der Waals surface area contributed by atoms with Crippen LogP contribution in [0.15, 0.2) is 42.5 Å². The maximum absolute atomic E-state index is 13.0. The van der Waals surface area contributed by atoms with Gasteiger partial charge in [0.2, 0.25) is 0 Å². The van der Waals surface area contributed by atoms with E-state index in [1.807, 2.05) is 0 Å². The zero-order chi connectivity index (χ0) is 13.1. The van der Waals surface area contributed by atoms with Crippen LogP contribution in [0.1, 0.15) is 17.2 Å². The molecule has 0 saturated carbocycles. The van der Waals surface area contributed by atoms with Crippen LogP contribution in [-0.4, -0.2) is 5.11 Å². The number of aliphatic hydroxyl groups excluding tert-OH is 1. The van der Waals surface area contributed by atoms with E-state index in [-0.39, 0.29) is 6.42 Å². The molecular formula is C14H11F3O. The molecule has 1 N–H and O–H groups in total. The molecule has 0 radical (unpaired) electrons. The van der Waals surface area contributed by atoms with Gasteiger partial charge < -0.3 is 5.11 Å². The van der Waals surface area contributed by atoms with Crippen molar-refractivity contribution >= 4 is 0 Å². The minimum atomic E-state index is -0.998. The van der Waals surface area contributed by atoms with E-state index in [2.05, 4.69) is 0 Å². The maximum Gasteiger partial charge on any atom is 0.126 e. The Morgan fingerprint density at radius 3 is 2.17 bits per heavy atom. The third kappa shape index (κ3) is 3.11. The lowest BCUT2D eigenvalue weighted by Gasteiger charge is -2.11. The van der Waals surface area contributed by atoms with Crippen molar-refractivity contribution in [3.05, 3.63) is 71.0 Å². The minimum Gasteiger partial charge on any atom is -0.388 e. The second-order valence-corrected chi connectivity index (χ2v) is 4.05. The summed E-state index contributed by atoms with van der Waals surface area (Å²) >= 11 is 0. The van der Waals surface area contributed by atoms with Crippen molar-refractivity contribution in [3.8, 4) is 0 Å². The summed E-state index contributed by atoms with van der Waals surface area (Å²) in [7, 11) is 0. The van der Waals surface area contributed by atoms with Crippen LogP contribution in [0.4, 0.5) is 13.2 Å². The van der Waals surface area contributed by atoms with Gasteiger partial charge in [0.1, 0.15) is 17.5 Å². The predicted octanol–water partition coefficient (Wildman–Crippen LogP) is 3.38. The summed E-state index contributed by atoms with van der Waals surface area (Å²) in [5, 5.41) is 9.87. The van der Waals surface area contributed by atoms with Gasteiger partial charge >= 0.3 is 0 Å². The second kappa shape index (κ2) is 5.23. The van der Waals surface area contributed by atoms with Crippen molar-refractivity contribution in [2.24, 2.45) is 0 Å². The van der Waals surface area contributed by atoms with Gasteiger partial charge in [-0.3, -0.25) is 0 Å². The summed E-state index contributed by atoms with van der Waals surface area (Å²) in [6, 6.07) is 8.54. The molecule has 0 spiro atoms. The Hall–Kier alpha value is -1.81. The molecule has 2 aromatic rings. The number of aliphatic hydroxyl groups is 1. The average molecular weight is 252 g/mol. The van der Waals surface area contributed by atoms with E-state index < -0.39 is 23.6 Å². The highest BCUT2D eigenvalue weighted by molar-refractivity contribution is 5.24. The van der Waals surface area contributed by atoms with Crippen LogP contribution in [0, 0.1) is 17.5 Å². The van der Waals surface area contributed by atoms with Crippen LogP contribution in [0.2, 0.25) is 0 Å². The molecule has 2 rings (SSSR count). The van der Waals surface area contributed by atoms with Gasteiger partial charge in [0.15, 0.2) is 0 Å². The molecule has 0 amide bonds. The topological polar surface area (TPSA) is 20.2 Å². The minimum absolute atomic E-state index is 0.0259. The molecule has 94 valence electrons. The molecule has 0 saturated heterocycles. The fourth-order valence-corrected chi connectivity index (χ4v) is 1.78. The third-order valence-corrected chi connectivity index (χ3v) is 2.58. The highest BCUT2D eigenvalue weighted by Crippen LogP contribution is 2.20. The second-order valence-electron chi connectivity index (χ2n) is 4.05. The highest BCUT2D eigenvalue weighted by Gasteiger charge is 2.11. The van der Waals surface area contributed by atoms with E-state index in [1.54, 1.807) is 6.07 Å². The van der Waals surface area contributed by atoms with Gasteiger partial charge in [0.25, 0.3) is 0 Å². The van der Waals surface area contributed by atoms with Crippen molar-refractivity contribution in [3.63, 3.8) is 0 Å². The zero-order valence-electron chi connectivity index (χ0n) is 9.41. The van der Waals surface area contributed by atoms with Gasteiger partial charge in [0, 0.05) is 12.5 Å². The SMILES string of the molecule is OC(Cc1cc(F)cc(F)c1)c1cccc(F)c1. The van der Waals surface area contributed by atoms with Gasteiger partial charge in [0.05, 0.1) is 6.10 Å². The van der Waals surface area contributed by atoms with E-state index in [4.69, 9.17) is 0 Å². The molecule has 0 aromatic heterocycles. The van der Waals surface area contributed by atoms with Gasteiger partial charge in [-0.1, -0.05) is 12.1 Å². The lowest BCUT2D eigenvalue weighted by atomic mass is 10.0. The van der Waals surface area contributed by atoms with Crippen molar-refractivity contribution in [1.82, 2.24) is 0 Å². The normalized spacial score (nSPS) is 12.4. The third-order valence-electron chi connectivity index (χ3n) is 2.58. The van der Waals surface area contributed by atoms with Gasteiger partial charge in [-0.25, -0.2) is 13.2 Å². The largest absolute Gasteiger partial charge is 0.388 e. The predicted molar refractivity (Wildman–Crippen MR) is 61.4 cm³/mol. The molecule has 1 nitrogen and oxygen atoms in total. The van der Waals surface area contributed by atoms with Gasteiger partial charge in [-0.15, -0.1) is 0 Å². The standard InChI is InChI=1S/C14H11F3O/c15-11-3-1-2-10(7-11)14(18)6-9-4-12(16)8-13(17)5-9/h1-5,7-8,14,18H,6H2. The smallest absolute Gasteiger partial charge is 0.126 e. The lowest BCUT2D eigenvalue weighted by molar-refractivity contribution is 0.178. The Balaban J connectivity index is 2.18. The summed E-state index contributed by atoms with van der Waals surface area (Å²) in [6.07, 6.45) is -0.972. The quantitative estimate of drug-likeness (QED) is 0.887. The van der Waals surface area contributed by atoms with Crippen molar-refractivity contribution in [2.45, 2.75) is 12.5 Å². The number of hydrogen-bond donors (Lipinski definition) is 1. The fraction of sp³-hybridized carbons (Fsp3) is 0.143. The van der Waals surface area contributed by atoms with Gasteiger partial charge in [-0.05, 0) is 35.4 Å². The molecule has 0 heterocycles. The molecule has 0 bridgehead atoms. The van der Waals surface area contributed by atoms with E-state index in [9.17, 15) is 18.3 Å². The first-order valence-electron chi connectivity index (χ1n) is 5.43. The van der Waals surface area contributed by atoms with Crippen LogP contribution >= 0.6 is 0 Å². The number of rotatable bonds is 3. The van der Waals surface area contributed by atoms with Gasteiger partial charge in [-0.2, -0.15) is 0 Å². The lowest BCUT2D eigenvalue weighted by Crippen LogP contribution is -2.03. The zero-order valence-corrected chi connectivity index (χ0v) is 9.41. The highest BCUT2D eigenvalue weighted by atomic mass is 19.1. The molecule has 0 aliphatic heterocycles. The first-order valence-corrected chi connectivity index (χ1v) is 5.43. The molecule has 1 atom stereocenters. The first kappa shape index (κ1) is 12.6. The van der Waals surface area contributed by atoms with Crippen LogP contribution in [-0.2, 0) is 6.42 Å². The van der Waals surface area contributed by atoms with Crippen LogP contribution in [0.5, 0.6) is 0 Å². The van der Waals surface area contributed by atoms with E-state index in [0.29, 0.717) is 11.1 Å². The first-order chi connectivity index (χ1) is 8.54.